The molecule has 0 aliphatic heterocycles. The molecule has 0 unspecified atom stereocenters. The van der Waals surface area contributed by atoms with Crippen LogP contribution in [0.1, 0.15) is 16.1 Å². The summed E-state index contributed by atoms with van der Waals surface area (Å²) in [5, 5.41) is 0.765. The average Bonchev–Trinajstić information content (AvgIpc) is 3.27. The topological polar surface area (TPSA) is 77.3 Å². The van der Waals surface area contributed by atoms with Crippen molar-refractivity contribution in [2.24, 2.45) is 0 Å². The van der Waals surface area contributed by atoms with E-state index in [2.05, 4.69) is 0 Å². The van der Waals surface area contributed by atoms with Crippen molar-refractivity contribution in [1.29, 1.82) is 0 Å². The predicted octanol–water partition coefficient (Wildman–Crippen LogP) is 1.74. The van der Waals surface area contributed by atoms with Gasteiger partial charge in [-0.15, -0.1) is 5.52 Å². The Morgan fingerprint density at radius 3 is 1.88 bits per heavy atom. The first-order valence-electron chi connectivity index (χ1n) is 10.2. The number of carbonyl (C=O) groups is 1. The van der Waals surface area contributed by atoms with E-state index in [1.807, 2.05) is 42.5 Å². The minimum Gasteiger partial charge on any atom is -0.654 e. The first-order chi connectivity index (χ1) is 16.1. The van der Waals surface area contributed by atoms with Gasteiger partial charge >= 0.3 is 18.9 Å². The molecule has 0 bridgehead atoms. The fourth-order valence-corrected chi connectivity index (χ4v) is 3.88. The third-order valence-corrected chi connectivity index (χ3v) is 5.46. The maximum atomic E-state index is 13.8. The maximum absolute atomic E-state index is 13.8. The van der Waals surface area contributed by atoms with Gasteiger partial charge in [-0.05, 0) is 41.5 Å². The van der Waals surface area contributed by atoms with E-state index < -0.39 is 0 Å². The van der Waals surface area contributed by atoms with Crippen molar-refractivity contribution in [2.45, 2.75) is 0 Å². The standard InChI is InChI=1S/C26H25NO6.Li/c1-29-17-11-9-15(10-12-17)22-23-18(7-6-8-19(23)30-2)27-24(22)25(28)16-13-20(31-3)26(33-5)21(14-16)32-4;/h6-14H,1-5H3,(H,27,28);/q;+1/p-1. The largest absolute Gasteiger partial charge is 1.00 e. The van der Waals surface area contributed by atoms with Crippen LogP contribution in [0, 0.1) is 0 Å². The number of fused-ring (bicyclic) bond motifs is 1. The van der Waals surface area contributed by atoms with E-state index in [0.29, 0.717) is 51.1 Å². The molecule has 1 heterocycles. The number of ether oxygens (including phenoxy) is 5. The summed E-state index contributed by atoms with van der Waals surface area (Å²) in [4.78, 5) is 18.5. The third-order valence-electron chi connectivity index (χ3n) is 5.46. The van der Waals surface area contributed by atoms with Crippen LogP contribution in [0.2, 0.25) is 0 Å². The SMILES string of the molecule is COc1ccc(-c2c(C(=O)c3cc(OC)c(OC)c(OC)c3)[n-]c3cccc(OC)c23)cc1.[Li+]. The molecular formula is C26H24LiNO6. The second-order valence-electron chi connectivity index (χ2n) is 7.16. The molecule has 0 amide bonds. The van der Waals surface area contributed by atoms with Gasteiger partial charge in [-0.25, -0.2) is 0 Å². The first-order valence-corrected chi connectivity index (χ1v) is 10.2. The van der Waals surface area contributed by atoms with Crippen LogP contribution in [0.15, 0.2) is 54.6 Å². The Bertz CT molecular complexity index is 1290. The molecule has 0 aliphatic rings. The molecular weight excluding hydrogens is 429 g/mol. The number of ketones is 1. The van der Waals surface area contributed by atoms with Gasteiger partial charge in [0, 0.05) is 10.9 Å². The number of nitrogens with zero attached hydrogens (tertiary/aromatic N) is 1. The molecule has 34 heavy (non-hydrogen) atoms. The summed E-state index contributed by atoms with van der Waals surface area (Å²) in [6, 6.07) is 16.3. The number of benzene rings is 3. The second-order valence-corrected chi connectivity index (χ2v) is 7.16. The van der Waals surface area contributed by atoms with Gasteiger partial charge in [0.1, 0.15) is 11.5 Å². The zero-order chi connectivity index (χ0) is 23.5. The molecule has 0 saturated heterocycles. The van der Waals surface area contributed by atoms with Crippen LogP contribution in [-0.4, -0.2) is 41.3 Å². The molecule has 0 spiro atoms. The average molecular weight is 453 g/mol. The van der Waals surface area contributed by atoms with Gasteiger partial charge < -0.3 is 28.7 Å². The molecule has 170 valence electrons. The fourth-order valence-electron chi connectivity index (χ4n) is 3.88. The van der Waals surface area contributed by atoms with Crippen LogP contribution >= 0.6 is 0 Å². The van der Waals surface area contributed by atoms with Crippen molar-refractivity contribution >= 4 is 16.7 Å². The third kappa shape index (κ3) is 4.33. The molecule has 0 saturated carbocycles. The Hall–Kier alpha value is -3.53. The van der Waals surface area contributed by atoms with Crippen LogP contribution in [-0.2, 0) is 0 Å². The van der Waals surface area contributed by atoms with E-state index in [-0.39, 0.29) is 24.6 Å². The van der Waals surface area contributed by atoms with Crippen molar-refractivity contribution in [3.63, 3.8) is 0 Å². The van der Waals surface area contributed by atoms with Crippen LogP contribution in [0.3, 0.4) is 0 Å². The van der Waals surface area contributed by atoms with E-state index in [1.54, 1.807) is 26.4 Å². The van der Waals surface area contributed by atoms with Crippen molar-refractivity contribution in [2.75, 3.05) is 35.5 Å². The van der Waals surface area contributed by atoms with Crippen molar-refractivity contribution in [3.05, 3.63) is 65.9 Å². The van der Waals surface area contributed by atoms with Gasteiger partial charge in [-0.1, -0.05) is 30.0 Å². The molecule has 7 nitrogen and oxygen atoms in total. The summed E-state index contributed by atoms with van der Waals surface area (Å²) < 4.78 is 27.1. The number of aromatic nitrogens is 1. The van der Waals surface area contributed by atoms with E-state index in [9.17, 15) is 4.79 Å². The normalized spacial score (nSPS) is 10.4. The smallest absolute Gasteiger partial charge is 0.654 e. The number of hydrogen-bond acceptors (Lipinski definition) is 6. The van der Waals surface area contributed by atoms with Crippen molar-refractivity contribution in [3.8, 4) is 39.9 Å². The Kier molecular flexibility index (Phi) is 7.82. The Morgan fingerprint density at radius 1 is 0.735 bits per heavy atom. The number of carbonyl (C=O) groups excluding carboxylic acids is 1. The summed E-state index contributed by atoms with van der Waals surface area (Å²) in [7, 11) is 7.74. The molecule has 3 aromatic carbocycles. The Balaban J connectivity index is 0.00000324. The summed E-state index contributed by atoms with van der Waals surface area (Å²) in [6.45, 7) is 0. The number of hydrogen-bond donors (Lipinski definition) is 0. The second kappa shape index (κ2) is 10.6. The van der Waals surface area contributed by atoms with Gasteiger partial charge in [0.25, 0.3) is 0 Å². The molecule has 4 aromatic rings. The first kappa shape index (κ1) is 25.1. The van der Waals surface area contributed by atoms with Gasteiger partial charge in [0.15, 0.2) is 17.3 Å². The predicted molar refractivity (Wildman–Crippen MR) is 125 cm³/mol. The molecule has 0 aliphatic carbocycles. The Labute approximate surface area is 210 Å². The Morgan fingerprint density at radius 2 is 1.35 bits per heavy atom. The summed E-state index contributed by atoms with van der Waals surface area (Å²) in [5.74, 6) is 2.26. The zero-order valence-electron chi connectivity index (χ0n) is 20.1. The zero-order valence-corrected chi connectivity index (χ0v) is 20.1. The molecule has 1 aromatic heterocycles. The quantitative estimate of drug-likeness (QED) is 0.297. The maximum Gasteiger partial charge on any atom is 1.00 e. The monoisotopic (exact) mass is 453 g/mol. The van der Waals surface area contributed by atoms with Gasteiger partial charge in [0.2, 0.25) is 5.75 Å². The molecule has 0 radical (unpaired) electrons. The molecule has 0 fully saturated rings. The summed E-state index contributed by atoms with van der Waals surface area (Å²) in [5.41, 5.74) is 2.83. The fraction of sp³-hybridized carbons (Fsp3) is 0.192. The van der Waals surface area contributed by atoms with Gasteiger partial charge in [0.05, 0.1) is 35.5 Å². The minimum absolute atomic E-state index is 0. The number of rotatable bonds is 8. The van der Waals surface area contributed by atoms with Crippen molar-refractivity contribution < 1.29 is 47.3 Å². The van der Waals surface area contributed by atoms with Crippen LogP contribution < -0.4 is 47.5 Å². The van der Waals surface area contributed by atoms with Gasteiger partial charge in [-0.2, -0.15) is 0 Å². The molecule has 8 heteroatoms. The van der Waals surface area contributed by atoms with E-state index in [4.69, 9.17) is 28.7 Å². The van der Waals surface area contributed by atoms with E-state index in [0.717, 1.165) is 10.9 Å². The molecule has 0 atom stereocenters. The van der Waals surface area contributed by atoms with E-state index in [1.165, 1.54) is 21.3 Å². The minimum atomic E-state index is -0.279. The summed E-state index contributed by atoms with van der Waals surface area (Å²) >= 11 is 0. The van der Waals surface area contributed by atoms with Crippen LogP contribution in [0.5, 0.6) is 28.7 Å². The van der Waals surface area contributed by atoms with Crippen LogP contribution in [0.4, 0.5) is 0 Å². The summed E-state index contributed by atoms with van der Waals surface area (Å²) in [6.07, 6.45) is 0. The van der Waals surface area contributed by atoms with Crippen molar-refractivity contribution in [1.82, 2.24) is 4.98 Å². The van der Waals surface area contributed by atoms with Crippen LogP contribution in [0.25, 0.3) is 22.0 Å². The van der Waals surface area contributed by atoms with E-state index >= 15 is 0 Å². The molecule has 4 rings (SSSR count). The number of methoxy groups -OCH3 is 5. The molecule has 0 N–H and O–H groups in total. The van der Waals surface area contributed by atoms with Gasteiger partial charge in [-0.3, -0.25) is 4.79 Å².